The van der Waals surface area contributed by atoms with Crippen LogP contribution >= 0.6 is 0 Å². The van der Waals surface area contributed by atoms with Crippen molar-refractivity contribution in [1.29, 1.82) is 0 Å². The average molecular weight is 309 g/mol. The summed E-state index contributed by atoms with van der Waals surface area (Å²) in [6.45, 7) is 3.10. The fourth-order valence-corrected chi connectivity index (χ4v) is 2.74. The Morgan fingerprint density at radius 1 is 0.571 bits per heavy atom. The van der Waals surface area contributed by atoms with E-state index >= 15 is 0 Å². The Morgan fingerprint density at radius 3 is 1.05 bits per heavy atom. The van der Waals surface area contributed by atoms with Crippen molar-refractivity contribution in [2.24, 2.45) is 5.41 Å². The molecule has 0 fully saturated rings. The largest absolute Gasteiger partial charge is 0.396 e. The molecule has 0 aliphatic carbocycles. The lowest BCUT2D eigenvalue weighted by atomic mass is 9.72. The molecule has 0 unspecified atom stereocenters. The van der Waals surface area contributed by atoms with Crippen molar-refractivity contribution >= 4 is 0 Å². The Bertz CT molecular complexity index is 145. The second-order valence-electron chi connectivity index (χ2n) is 5.40. The van der Waals surface area contributed by atoms with Crippen LogP contribution in [-0.4, -0.2) is 35.1 Å². The molecule has 134 valence electrons. The van der Waals surface area contributed by atoms with Gasteiger partial charge in [-0.1, -0.05) is 54.9 Å². The van der Waals surface area contributed by atoms with Gasteiger partial charge in [0.05, 0.1) is 0 Å². The van der Waals surface area contributed by atoms with Gasteiger partial charge in [-0.2, -0.15) is 0 Å². The van der Waals surface area contributed by atoms with Crippen molar-refractivity contribution in [3.05, 3.63) is 0 Å². The van der Waals surface area contributed by atoms with Gasteiger partial charge in [0.15, 0.2) is 0 Å². The van der Waals surface area contributed by atoms with Crippen LogP contribution in [0.1, 0.15) is 93.4 Å². The van der Waals surface area contributed by atoms with Crippen LogP contribution < -0.4 is 0 Å². The van der Waals surface area contributed by atoms with Crippen molar-refractivity contribution in [2.75, 3.05) is 19.8 Å². The molecular formula is C18H44O3. The molecular weight excluding hydrogens is 264 g/mol. The summed E-state index contributed by atoms with van der Waals surface area (Å²) in [5.41, 5.74) is 0.361. The predicted octanol–water partition coefficient (Wildman–Crippen LogP) is 4.78. The molecule has 0 aromatic rings. The first-order valence-electron chi connectivity index (χ1n) is 7.57. The number of aliphatic hydroxyl groups is 3. The molecule has 0 aromatic carbocycles. The van der Waals surface area contributed by atoms with E-state index in [9.17, 15) is 0 Å². The van der Waals surface area contributed by atoms with Gasteiger partial charge in [0, 0.05) is 19.8 Å². The summed E-state index contributed by atoms with van der Waals surface area (Å²) in [6, 6.07) is 0. The molecule has 3 heteroatoms. The summed E-state index contributed by atoms with van der Waals surface area (Å²) in [5.74, 6) is 0. The van der Waals surface area contributed by atoms with E-state index in [4.69, 9.17) is 15.3 Å². The second kappa shape index (κ2) is 19.9. The van der Waals surface area contributed by atoms with Crippen LogP contribution in [0.3, 0.4) is 0 Å². The Kier molecular flexibility index (Phi) is 27.4. The van der Waals surface area contributed by atoms with Gasteiger partial charge in [-0.15, -0.1) is 0 Å². The maximum absolute atomic E-state index is 8.90. The third-order valence-corrected chi connectivity index (χ3v) is 4.10. The summed E-state index contributed by atoms with van der Waals surface area (Å²) in [4.78, 5) is 0. The summed E-state index contributed by atoms with van der Waals surface area (Å²) in [6.07, 6.45) is 10.6. The van der Waals surface area contributed by atoms with E-state index in [0.717, 1.165) is 44.9 Å². The molecule has 0 radical (unpaired) electrons. The summed E-state index contributed by atoms with van der Waals surface area (Å²) in [7, 11) is 0. The molecule has 0 aliphatic heterocycles. The van der Waals surface area contributed by atoms with Crippen molar-refractivity contribution in [3.8, 4) is 0 Å². The van der Waals surface area contributed by atoms with Crippen molar-refractivity contribution in [3.63, 3.8) is 0 Å². The fourth-order valence-electron chi connectivity index (χ4n) is 2.74. The third-order valence-electron chi connectivity index (χ3n) is 4.10. The zero-order valence-electron chi connectivity index (χ0n) is 12.0. The zero-order chi connectivity index (χ0) is 13.7. The first-order valence-corrected chi connectivity index (χ1v) is 7.57. The summed E-state index contributed by atoms with van der Waals surface area (Å²) >= 11 is 0. The highest BCUT2D eigenvalue weighted by Gasteiger charge is 2.26. The molecule has 0 atom stereocenters. The van der Waals surface area contributed by atoms with Gasteiger partial charge in [-0.25, -0.2) is 0 Å². The van der Waals surface area contributed by atoms with Crippen LogP contribution in [0.2, 0.25) is 0 Å². The lowest BCUT2D eigenvalue weighted by Gasteiger charge is -2.33. The average Bonchev–Trinajstić information content (AvgIpc) is 2.39. The van der Waals surface area contributed by atoms with Gasteiger partial charge in [0.25, 0.3) is 0 Å². The number of hydrogen-bond acceptors (Lipinski definition) is 3. The third kappa shape index (κ3) is 14.6. The predicted molar refractivity (Wildman–Crippen MR) is 95.7 cm³/mol. The fraction of sp³-hybridized carbons (Fsp3) is 1.00. The van der Waals surface area contributed by atoms with Crippen molar-refractivity contribution in [1.82, 2.24) is 0 Å². The van der Waals surface area contributed by atoms with Gasteiger partial charge in [-0.05, 0) is 43.9 Å². The van der Waals surface area contributed by atoms with Crippen LogP contribution in [0.25, 0.3) is 0 Å². The van der Waals surface area contributed by atoms with E-state index < -0.39 is 0 Å². The minimum atomic E-state index is 0. The van der Waals surface area contributed by atoms with Gasteiger partial charge in [0.2, 0.25) is 0 Å². The normalized spacial score (nSPS) is 10.3. The SMILES string of the molecule is C.C.C.CCC(CCCCO)(CCCCO)CCCCO. The van der Waals surface area contributed by atoms with E-state index in [2.05, 4.69) is 6.92 Å². The maximum Gasteiger partial charge on any atom is 0.0431 e. The van der Waals surface area contributed by atoms with Crippen LogP contribution in [0.15, 0.2) is 0 Å². The molecule has 0 saturated carbocycles. The number of rotatable bonds is 13. The molecule has 0 aliphatic rings. The van der Waals surface area contributed by atoms with Crippen molar-refractivity contribution < 1.29 is 15.3 Å². The Balaban J connectivity index is -0.000000482. The Labute approximate surface area is 134 Å². The van der Waals surface area contributed by atoms with E-state index in [1.807, 2.05) is 0 Å². The minimum Gasteiger partial charge on any atom is -0.396 e. The highest BCUT2D eigenvalue weighted by atomic mass is 16.3. The number of unbranched alkanes of at least 4 members (excludes halogenated alkanes) is 3. The second-order valence-corrected chi connectivity index (χ2v) is 5.40. The first-order chi connectivity index (χ1) is 8.74. The Hall–Kier alpha value is -0.120. The van der Waals surface area contributed by atoms with E-state index in [1.165, 1.54) is 19.3 Å². The highest BCUT2D eigenvalue weighted by Crippen LogP contribution is 2.39. The summed E-state index contributed by atoms with van der Waals surface area (Å²) in [5, 5.41) is 26.7. The molecule has 0 rings (SSSR count). The molecule has 0 spiro atoms. The number of hydrogen-bond donors (Lipinski definition) is 3. The number of aliphatic hydroxyl groups excluding tert-OH is 3. The molecule has 0 aromatic heterocycles. The van der Waals surface area contributed by atoms with Crippen LogP contribution in [0.5, 0.6) is 0 Å². The standard InChI is InChI=1S/C15H32O3.3CH4/c1-2-15(9-3-6-12-16,10-4-7-13-17)11-5-8-14-18;;;/h16-18H,2-14H2,1H3;3*1H4. The molecule has 0 saturated heterocycles. The molecule has 3 N–H and O–H groups in total. The smallest absolute Gasteiger partial charge is 0.0431 e. The van der Waals surface area contributed by atoms with Crippen LogP contribution in [0, 0.1) is 5.41 Å². The maximum atomic E-state index is 8.90. The lowest BCUT2D eigenvalue weighted by molar-refractivity contribution is 0.167. The monoisotopic (exact) mass is 308 g/mol. The van der Waals surface area contributed by atoms with Gasteiger partial charge < -0.3 is 15.3 Å². The Morgan fingerprint density at radius 2 is 0.857 bits per heavy atom. The quantitative estimate of drug-likeness (QED) is 0.429. The molecule has 21 heavy (non-hydrogen) atoms. The van der Waals surface area contributed by atoms with E-state index in [-0.39, 0.29) is 42.1 Å². The van der Waals surface area contributed by atoms with E-state index in [0.29, 0.717) is 5.41 Å². The molecule has 0 amide bonds. The minimum absolute atomic E-state index is 0. The van der Waals surface area contributed by atoms with Gasteiger partial charge in [-0.3, -0.25) is 0 Å². The van der Waals surface area contributed by atoms with Crippen LogP contribution in [0.4, 0.5) is 0 Å². The topological polar surface area (TPSA) is 60.7 Å². The van der Waals surface area contributed by atoms with Gasteiger partial charge >= 0.3 is 0 Å². The lowest BCUT2D eigenvalue weighted by Crippen LogP contribution is -2.20. The molecule has 3 nitrogen and oxygen atoms in total. The highest BCUT2D eigenvalue weighted by molar-refractivity contribution is 4.78. The zero-order valence-corrected chi connectivity index (χ0v) is 12.0. The van der Waals surface area contributed by atoms with Crippen LogP contribution in [-0.2, 0) is 0 Å². The molecule has 0 heterocycles. The first kappa shape index (κ1) is 29.0. The van der Waals surface area contributed by atoms with E-state index in [1.54, 1.807) is 0 Å². The molecule has 0 bridgehead atoms. The van der Waals surface area contributed by atoms with Gasteiger partial charge in [0.1, 0.15) is 0 Å². The summed E-state index contributed by atoms with van der Waals surface area (Å²) < 4.78 is 0. The van der Waals surface area contributed by atoms with Crippen molar-refractivity contribution in [2.45, 2.75) is 93.4 Å².